The summed E-state index contributed by atoms with van der Waals surface area (Å²) >= 11 is 0. The summed E-state index contributed by atoms with van der Waals surface area (Å²) in [4.78, 5) is 31.2. The van der Waals surface area contributed by atoms with E-state index in [1.54, 1.807) is 24.7 Å². The summed E-state index contributed by atoms with van der Waals surface area (Å²) in [6.07, 6.45) is 6.62. The predicted molar refractivity (Wildman–Crippen MR) is 102 cm³/mol. The lowest BCUT2D eigenvalue weighted by Crippen LogP contribution is -2.36. The largest absolute Gasteiger partial charge is 0.349 e. The van der Waals surface area contributed by atoms with Gasteiger partial charge in [0.2, 0.25) is 0 Å². The fourth-order valence-corrected chi connectivity index (χ4v) is 2.77. The molecular weight excluding hydrogens is 326 g/mol. The van der Waals surface area contributed by atoms with Crippen molar-refractivity contribution in [2.45, 2.75) is 25.8 Å². The minimum absolute atomic E-state index is 0.0355. The first-order valence-corrected chi connectivity index (χ1v) is 8.61. The van der Waals surface area contributed by atoms with Crippen LogP contribution in [0, 0.1) is 0 Å². The van der Waals surface area contributed by atoms with E-state index < -0.39 is 5.56 Å². The molecule has 5 nitrogen and oxygen atoms in total. The highest BCUT2D eigenvalue weighted by atomic mass is 16.2. The number of aromatic amines is 1. The van der Waals surface area contributed by atoms with E-state index in [1.165, 1.54) is 5.56 Å². The van der Waals surface area contributed by atoms with E-state index in [-0.39, 0.29) is 17.5 Å². The second-order valence-corrected chi connectivity index (χ2v) is 6.27. The normalized spacial score (nSPS) is 11.7. The van der Waals surface area contributed by atoms with Crippen molar-refractivity contribution in [3.05, 3.63) is 88.6 Å². The number of carbonyl (C=O) groups excluding carboxylic acids is 1. The highest BCUT2D eigenvalue weighted by molar-refractivity contribution is 5.95. The van der Waals surface area contributed by atoms with Crippen molar-refractivity contribution in [1.29, 1.82) is 0 Å². The lowest BCUT2D eigenvalue weighted by molar-refractivity contribution is 0.0937. The maximum atomic E-state index is 12.5. The number of nitrogens with one attached hydrogen (secondary N) is 2. The van der Waals surface area contributed by atoms with Crippen LogP contribution in [0.15, 0.2) is 71.9 Å². The molecule has 0 aliphatic rings. The van der Waals surface area contributed by atoms with Crippen molar-refractivity contribution in [3.63, 3.8) is 0 Å². The zero-order chi connectivity index (χ0) is 18.4. The zero-order valence-electron chi connectivity index (χ0n) is 14.6. The fraction of sp³-hybridized carbons (Fsp3) is 0.190. The Hall–Kier alpha value is -3.21. The minimum atomic E-state index is -0.393. The number of rotatable bonds is 6. The van der Waals surface area contributed by atoms with E-state index in [9.17, 15) is 9.59 Å². The van der Waals surface area contributed by atoms with Crippen LogP contribution in [-0.4, -0.2) is 21.9 Å². The first-order valence-electron chi connectivity index (χ1n) is 8.61. The first kappa shape index (κ1) is 17.6. The van der Waals surface area contributed by atoms with Gasteiger partial charge in [-0.2, -0.15) is 0 Å². The van der Waals surface area contributed by atoms with Crippen LogP contribution < -0.4 is 10.9 Å². The summed E-state index contributed by atoms with van der Waals surface area (Å²) in [6.45, 7) is 1.95. The third-order valence-corrected chi connectivity index (χ3v) is 4.25. The number of aromatic nitrogens is 2. The lowest BCUT2D eigenvalue weighted by Gasteiger charge is -2.14. The molecule has 0 spiro atoms. The highest BCUT2D eigenvalue weighted by Gasteiger charge is 2.14. The molecule has 0 bridgehead atoms. The molecule has 3 aromatic rings. The SMILES string of the molecule is C[C@H](CCc1ccccc1)NC(=O)c1cc(-c2ccncc2)c[nH]c1=O. The summed E-state index contributed by atoms with van der Waals surface area (Å²) in [5.41, 5.74) is 2.61. The molecule has 0 radical (unpaired) electrons. The van der Waals surface area contributed by atoms with Gasteiger partial charge in [-0.25, -0.2) is 0 Å². The molecule has 2 heterocycles. The molecule has 26 heavy (non-hydrogen) atoms. The number of benzene rings is 1. The maximum absolute atomic E-state index is 12.5. The topological polar surface area (TPSA) is 74.8 Å². The molecule has 0 aliphatic heterocycles. The molecule has 1 aromatic carbocycles. The number of hydrogen-bond acceptors (Lipinski definition) is 3. The van der Waals surface area contributed by atoms with Gasteiger partial charge in [-0.05, 0) is 54.7 Å². The summed E-state index contributed by atoms with van der Waals surface area (Å²) in [6, 6.07) is 15.4. The average Bonchev–Trinajstić information content (AvgIpc) is 2.68. The number of carbonyl (C=O) groups is 1. The van der Waals surface area contributed by atoms with E-state index >= 15 is 0 Å². The molecule has 1 amide bonds. The van der Waals surface area contributed by atoms with Crippen LogP contribution in [0.5, 0.6) is 0 Å². The van der Waals surface area contributed by atoms with E-state index in [1.807, 2.05) is 37.3 Å². The minimum Gasteiger partial charge on any atom is -0.349 e. The second kappa shape index (κ2) is 8.25. The van der Waals surface area contributed by atoms with Crippen molar-refractivity contribution in [2.75, 3.05) is 0 Å². The molecule has 3 rings (SSSR count). The molecule has 2 N–H and O–H groups in total. The summed E-state index contributed by atoms with van der Waals surface area (Å²) in [5.74, 6) is -0.359. The zero-order valence-corrected chi connectivity index (χ0v) is 14.6. The van der Waals surface area contributed by atoms with E-state index in [2.05, 4.69) is 27.4 Å². The summed E-state index contributed by atoms with van der Waals surface area (Å²) in [7, 11) is 0. The van der Waals surface area contributed by atoms with Gasteiger partial charge in [0.15, 0.2) is 0 Å². The monoisotopic (exact) mass is 347 g/mol. The third kappa shape index (κ3) is 4.45. The van der Waals surface area contributed by atoms with Crippen LogP contribution in [-0.2, 0) is 6.42 Å². The Morgan fingerprint density at radius 2 is 1.85 bits per heavy atom. The van der Waals surface area contributed by atoms with Crippen LogP contribution >= 0.6 is 0 Å². The molecule has 0 saturated carbocycles. The molecule has 5 heteroatoms. The van der Waals surface area contributed by atoms with E-state index in [0.29, 0.717) is 0 Å². The van der Waals surface area contributed by atoms with Crippen LogP contribution in [0.3, 0.4) is 0 Å². The fourth-order valence-electron chi connectivity index (χ4n) is 2.77. The van der Waals surface area contributed by atoms with Crippen molar-refractivity contribution < 1.29 is 4.79 Å². The number of nitrogens with zero attached hydrogens (tertiary/aromatic N) is 1. The lowest BCUT2D eigenvalue weighted by atomic mass is 10.0. The van der Waals surface area contributed by atoms with Gasteiger partial charge in [-0.1, -0.05) is 30.3 Å². The van der Waals surface area contributed by atoms with Gasteiger partial charge in [0, 0.05) is 24.6 Å². The number of aryl methyl sites for hydroxylation is 1. The number of H-pyrrole nitrogens is 1. The van der Waals surface area contributed by atoms with Crippen LogP contribution in [0.2, 0.25) is 0 Å². The molecule has 0 saturated heterocycles. The van der Waals surface area contributed by atoms with Gasteiger partial charge < -0.3 is 10.3 Å². The molecular formula is C21H21N3O2. The maximum Gasteiger partial charge on any atom is 0.260 e. The van der Waals surface area contributed by atoms with Gasteiger partial charge >= 0.3 is 0 Å². The Balaban J connectivity index is 1.68. The van der Waals surface area contributed by atoms with Crippen molar-refractivity contribution in [1.82, 2.24) is 15.3 Å². The van der Waals surface area contributed by atoms with Crippen molar-refractivity contribution >= 4 is 5.91 Å². The summed E-state index contributed by atoms with van der Waals surface area (Å²) in [5, 5.41) is 2.91. The molecule has 2 aromatic heterocycles. The Morgan fingerprint density at radius 1 is 1.12 bits per heavy atom. The Kier molecular flexibility index (Phi) is 5.59. The van der Waals surface area contributed by atoms with Crippen LogP contribution in [0.1, 0.15) is 29.3 Å². The van der Waals surface area contributed by atoms with Gasteiger partial charge in [0.05, 0.1) is 0 Å². The van der Waals surface area contributed by atoms with Gasteiger partial charge in [-0.15, -0.1) is 0 Å². The quantitative estimate of drug-likeness (QED) is 0.719. The third-order valence-electron chi connectivity index (χ3n) is 4.25. The highest BCUT2D eigenvalue weighted by Crippen LogP contribution is 2.17. The predicted octanol–water partition coefficient (Wildman–Crippen LogP) is 3.19. The van der Waals surface area contributed by atoms with Crippen molar-refractivity contribution in [2.24, 2.45) is 0 Å². The van der Waals surface area contributed by atoms with Crippen LogP contribution in [0.25, 0.3) is 11.1 Å². The van der Waals surface area contributed by atoms with E-state index in [0.717, 1.165) is 24.0 Å². The number of amides is 1. The van der Waals surface area contributed by atoms with Crippen molar-refractivity contribution in [3.8, 4) is 11.1 Å². The standard InChI is InChI=1S/C21H21N3O2/c1-15(7-8-16-5-3-2-4-6-16)24-21(26)19-13-18(14-23-20(19)25)17-9-11-22-12-10-17/h2-6,9-15H,7-8H2,1H3,(H,23,25)(H,24,26)/t15-/m1/s1. The molecule has 0 aliphatic carbocycles. The average molecular weight is 347 g/mol. The molecule has 0 fully saturated rings. The summed E-state index contributed by atoms with van der Waals surface area (Å²) < 4.78 is 0. The Bertz CT molecular complexity index is 921. The molecule has 132 valence electrons. The first-order chi connectivity index (χ1) is 12.6. The van der Waals surface area contributed by atoms with E-state index in [4.69, 9.17) is 0 Å². The Labute approximate surface area is 152 Å². The van der Waals surface area contributed by atoms with Gasteiger partial charge in [0.1, 0.15) is 5.56 Å². The second-order valence-electron chi connectivity index (χ2n) is 6.27. The Morgan fingerprint density at radius 3 is 2.58 bits per heavy atom. The smallest absolute Gasteiger partial charge is 0.260 e. The number of pyridine rings is 2. The van der Waals surface area contributed by atoms with Crippen LogP contribution in [0.4, 0.5) is 0 Å². The number of hydrogen-bond donors (Lipinski definition) is 2. The molecule has 0 unspecified atom stereocenters. The van der Waals surface area contributed by atoms with Gasteiger partial charge in [0.25, 0.3) is 11.5 Å². The molecule has 1 atom stereocenters. The van der Waals surface area contributed by atoms with Gasteiger partial charge in [-0.3, -0.25) is 14.6 Å².